The van der Waals surface area contributed by atoms with Crippen molar-refractivity contribution in [2.24, 2.45) is 0 Å². The zero-order valence-electron chi connectivity index (χ0n) is 17.6. The van der Waals surface area contributed by atoms with E-state index < -0.39 is 0 Å². The van der Waals surface area contributed by atoms with Gasteiger partial charge in [-0.2, -0.15) is 16.4 Å². The minimum absolute atomic E-state index is 0.0968. The Morgan fingerprint density at radius 1 is 1.09 bits per heavy atom. The second kappa shape index (κ2) is 9.05. The van der Waals surface area contributed by atoms with E-state index in [-0.39, 0.29) is 11.5 Å². The topological polar surface area (TPSA) is 87.1 Å². The Bertz CT molecular complexity index is 1260. The molecule has 32 heavy (non-hydrogen) atoms. The summed E-state index contributed by atoms with van der Waals surface area (Å²) in [5, 5.41) is 9.03. The van der Waals surface area contributed by atoms with Gasteiger partial charge in [0, 0.05) is 45.6 Å². The normalized spacial score (nSPS) is 14.8. The molecule has 1 aliphatic rings. The molecule has 1 aromatic carbocycles. The molecule has 0 saturated carbocycles. The number of fused-ring (bicyclic) bond motifs is 1. The number of hydrogen-bond acceptors (Lipinski definition) is 6. The number of H-pyrrole nitrogens is 1. The van der Waals surface area contributed by atoms with Crippen molar-refractivity contribution in [2.45, 2.75) is 19.4 Å². The minimum atomic E-state index is -0.235. The van der Waals surface area contributed by atoms with Crippen molar-refractivity contribution >= 4 is 28.3 Å². The third-order valence-electron chi connectivity index (χ3n) is 5.77. The molecule has 4 aromatic rings. The van der Waals surface area contributed by atoms with Crippen LogP contribution in [0.5, 0.6) is 0 Å². The van der Waals surface area contributed by atoms with Crippen LogP contribution in [0.15, 0.2) is 58.1 Å². The van der Waals surface area contributed by atoms with Gasteiger partial charge in [-0.15, -0.1) is 0 Å². The third kappa shape index (κ3) is 4.35. The summed E-state index contributed by atoms with van der Waals surface area (Å²) >= 11 is 1.71. The van der Waals surface area contributed by atoms with Crippen molar-refractivity contribution in [3.8, 4) is 5.69 Å². The molecule has 1 aliphatic heterocycles. The lowest BCUT2D eigenvalue weighted by molar-refractivity contribution is -0.133. The van der Waals surface area contributed by atoms with Crippen molar-refractivity contribution in [2.75, 3.05) is 26.2 Å². The number of aryl methyl sites for hydroxylation is 1. The first kappa shape index (κ1) is 20.6. The van der Waals surface area contributed by atoms with E-state index in [9.17, 15) is 9.59 Å². The zero-order valence-corrected chi connectivity index (χ0v) is 18.4. The maximum Gasteiger partial charge on any atom is 0.262 e. The first-order valence-corrected chi connectivity index (χ1v) is 11.7. The molecule has 0 unspecified atom stereocenters. The number of piperazine rings is 1. The number of carbonyl (C=O) groups is 1. The second-order valence-electron chi connectivity index (χ2n) is 7.93. The summed E-state index contributed by atoms with van der Waals surface area (Å²) in [6.07, 6.45) is 2.23. The average molecular weight is 449 g/mol. The average Bonchev–Trinajstić information content (AvgIpc) is 3.49. The summed E-state index contributed by atoms with van der Waals surface area (Å²) in [6, 6.07) is 11.7. The van der Waals surface area contributed by atoms with Gasteiger partial charge in [0.1, 0.15) is 11.2 Å². The van der Waals surface area contributed by atoms with Gasteiger partial charge in [-0.25, -0.2) is 9.67 Å². The molecule has 4 heterocycles. The van der Waals surface area contributed by atoms with Crippen LogP contribution in [0.25, 0.3) is 16.7 Å². The number of thiophene rings is 1. The predicted octanol–water partition coefficient (Wildman–Crippen LogP) is 2.45. The number of amides is 1. The largest absolute Gasteiger partial charge is 0.340 e. The lowest BCUT2D eigenvalue weighted by atomic mass is 10.2. The number of nitrogens with zero attached hydrogens (tertiary/aromatic N) is 5. The van der Waals surface area contributed by atoms with Gasteiger partial charge in [0.15, 0.2) is 5.65 Å². The van der Waals surface area contributed by atoms with Crippen molar-refractivity contribution in [1.29, 1.82) is 0 Å². The standard InChI is InChI=1S/C23H24N6O2S/c30-21(28-11-9-27(10-12-28)15-17-8-13-32-16-17)7-6-20-25-22-19(23(31)26-20)14-24-29(22)18-4-2-1-3-5-18/h1-5,8,13-14,16H,6-7,9-12,15H2,(H,25,26,31). The number of aromatic nitrogens is 4. The molecule has 0 spiro atoms. The van der Waals surface area contributed by atoms with Crippen molar-refractivity contribution < 1.29 is 4.79 Å². The quantitative estimate of drug-likeness (QED) is 0.490. The first-order valence-electron chi connectivity index (χ1n) is 10.7. The minimum Gasteiger partial charge on any atom is -0.340 e. The molecule has 8 nitrogen and oxygen atoms in total. The van der Waals surface area contributed by atoms with Crippen LogP contribution in [0.3, 0.4) is 0 Å². The molecule has 1 N–H and O–H groups in total. The summed E-state index contributed by atoms with van der Waals surface area (Å²) in [4.78, 5) is 37.0. The Balaban J connectivity index is 1.22. The number of rotatable bonds is 6. The Labute approximate surface area is 189 Å². The fraction of sp³-hybridized carbons (Fsp3) is 0.304. The molecule has 164 valence electrons. The Morgan fingerprint density at radius 3 is 2.66 bits per heavy atom. The molecule has 0 aliphatic carbocycles. The molecule has 1 amide bonds. The van der Waals surface area contributed by atoms with E-state index in [0.717, 1.165) is 38.4 Å². The highest BCUT2D eigenvalue weighted by Gasteiger charge is 2.21. The van der Waals surface area contributed by atoms with Crippen LogP contribution in [0.4, 0.5) is 0 Å². The Kier molecular flexibility index (Phi) is 5.83. The van der Waals surface area contributed by atoms with Gasteiger partial charge in [0.25, 0.3) is 5.56 Å². The summed E-state index contributed by atoms with van der Waals surface area (Å²) < 4.78 is 1.66. The monoisotopic (exact) mass is 448 g/mol. The molecule has 0 bridgehead atoms. The third-order valence-corrected chi connectivity index (χ3v) is 6.51. The molecule has 1 saturated heterocycles. The highest BCUT2D eigenvalue weighted by atomic mass is 32.1. The second-order valence-corrected chi connectivity index (χ2v) is 8.71. The van der Waals surface area contributed by atoms with Gasteiger partial charge in [0.05, 0.1) is 11.9 Å². The van der Waals surface area contributed by atoms with E-state index in [0.29, 0.717) is 29.7 Å². The van der Waals surface area contributed by atoms with Crippen LogP contribution in [-0.2, 0) is 17.8 Å². The SMILES string of the molecule is O=C(CCc1nc2c(cnn2-c2ccccc2)c(=O)[nH]1)N1CCN(Cc2ccsc2)CC1. The van der Waals surface area contributed by atoms with E-state index in [1.165, 1.54) is 11.8 Å². The lowest BCUT2D eigenvalue weighted by Crippen LogP contribution is -2.48. The number of carbonyl (C=O) groups excluding carboxylic acids is 1. The van der Waals surface area contributed by atoms with Crippen LogP contribution >= 0.6 is 11.3 Å². The van der Waals surface area contributed by atoms with Crippen molar-refractivity contribution in [3.05, 3.63) is 75.1 Å². The first-order chi connectivity index (χ1) is 15.7. The van der Waals surface area contributed by atoms with Gasteiger partial charge in [0.2, 0.25) is 5.91 Å². The van der Waals surface area contributed by atoms with Crippen molar-refractivity contribution in [1.82, 2.24) is 29.5 Å². The highest BCUT2D eigenvalue weighted by molar-refractivity contribution is 7.07. The van der Waals surface area contributed by atoms with Gasteiger partial charge in [-0.3, -0.25) is 14.5 Å². The van der Waals surface area contributed by atoms with E-state index in [1.54, 1.807) is 16.0 Å². The van der Waals surface area contributed by atoms with Gasteiger partial charge < -0.3 is 9.88 Å². The van der Waals surface area contributed by atoms with Gasteiger partial charge in [-0.05, 0) is 34.5 Å². The summed E-state index contributed by atoms with van der Waals surface area (Å²) in [6.45, 7) is 4.14. The molecule has 5 rings (SSSR count). The summed E-state index contributed by atoms with van der Waals surface area (Å²) in [5.74, 6) is 0.601. The smallest absolute Gasteiger partial charge is 0.262 e. The zero-order chi connectivity index (χ0) is 21.9. The summed E-state index contributed by atoms with van der Waals surface area (Å²) in [5.41, 5.74) is 2.43. The van der Waals surface area contributed by atoms with Crippen LogP contribution in [0.2, 0.25) is 0 Å². The molecule has 3 aromatic heterocycles. The van der Waals surface area contributed by atoms with Gasteiger partial charge in [-0.1, -0.05) is 18.2 Å². The number of hydrogen-bond donors (Lipinski definition) is 1. The predicted molar refractivity (Wildman–Crippen MR) is 124 cm³/mol. The molecule has 1 fully saturated rings. The number of aromatic amines is 1. The van der Waals surface area contributed by atoms with Crippen molar-refractivity contribution in [3.63, 3.8) is 0 Å². The fourth-order valence-corrected chi connectivity index (χ4v) is 4.68. The number of nitrogens with one attached hydrogen (secondary N) is 1. The van der Waals surface area contributed by atoms with Crippen LogP contribution in [-0.4, -0.2) is 61.6 Å². The van der Waals surface area contributed by atoms with Crippen LogP contribution in [0.1, 0.15) is 17.8 Å². The fourth-order valence-electron chi connectivity index (χ4n) is 4.02. The van der Waals surface area contributed by atoms with Gasteiger partial charge >= 0.3 is 0 Å². The number of benzene rings is 1. The van der Waals surface area contributed by atoms with E-state index >= 15 is 0 Å². The van der Waals surface area contributed by atoms with E-state index in [1.807, 2.05) is 35.2 Å². The van der Waals surface area contributed by atoms with Crippen LogP contribution in [0, 0.1) is 0 Å². The molecule has 0 atom stereocenters. The maximum atomic E-state index is 12.8. The highest BCUT2D eigenvalue weighted by Crippen LogP contribution is 2.15. The maximum absolute atomic E-state index is 12.8. The van der Waals surface area contributed by atoms with Crippen LogP contribution < -0.4 is 5.56 Å². The molecule has 9 heteroatoms. The number of para-hydroxylation sites is 1. The molecule has 0 radical (unpaired) electrons. The van der Waals surface area contributed by atoms with E-state index in [2.05, 4.69) is 36.8 Å². The lowest BCUT2D eigenvalue weighted by Gasteiger charge is -2.34. The summed E-state index contributed by atoms with van der Waals surface area (Å²) in [7, 11) is 0. The Hall–Kier alpha value is -3.30. The molecular weight excluding hydrogens is 424 g/mol. The molecular formula is C23H24N6O2S. The van der Waals surface area contributed by atoms with E-state index in [4.69, 9.17) is 0 Å². The Morgan fingerprint density at radius 2 is 1.91 bits per heavy atom.